The fraction of sp³-hybridized carbons (Fsp3) is 0.0769. The number of aromatic nitrogens is 1. The Morgan fingerprint density at radius 2 is 1.84 bits per heavy atom. The van der Waals surface area contributed by atoms with Crippen LogP contribution in [0.25, 0.3) is 0 Å². The second-order valence-corrected chi connectivity index (χ2v) is 5.43. The van der Waals surface area contributed by atoms with Gasteiger partial charge in [0.25, 0.3) is 0 Å². The van der Waals surface area contributed by atoms with Crippen LogP contribution in [0.15, 0.2) is 30.5 Å². The van der Waals surface area contributed by atoms with Crippen LogP contribution < -0.4 is 0 Å². The quantitative estimate of drug-likeness (QED) is 0.729. The first-order chi connectivity index (χ1) is 8.99. The van der Waals surface area contributed by atoms with E-state index < -0.39 is 0 Å². The topological polar surface area (TPSA) is 30.0 Å². The molecule has 19 heavy (non-hydrogen) atoms. The molecule has 0 saturated heterocycles. The molecule has 0 saturated carbocycles. The van der Waals surface area contributed by atoms with E-state index in [-0.39, 0.29) is 22.9 Å². The molecule has 0 aliphatic carbocycles. The zero-order chi connectivity index (χ0) is 14.0. The number of hydrogen-bond acceptors (Lipinski definition) is 2. The Balaban J connectivity index is 2.28. The Bertz CT molecular complexity index is 643. The Labute approximate surface area is 130 Å². The zero-order valence-electron chi connectivity index (χ0n) is 9.46. The number of ketones is 1. The Hall–Kier alpha value is -0.800. The Morgan fingerprint density at radius 1 is 1.11 bits per heavy atom. The molecular formula is C13H7Cl4NO. The molecule has 0 aliphatic rings. The van der Waals surface area contributed by atoms with Crippen molar-refractivity contribution in [2.24, 2.45) is 0 Å². The van der Waals surface area contributed by atoms with Crippen LogP contribution in [0.4, 0.5) is 0 Å². The van der Waals surface area contributed by atoms with Gasteiger partial charge in [-0.2, -0.15) is 0 Å². The van der Waals surface area contributed by atoms with Crippen molar-refractivity contribution in [3.8, 4) is 0 Å². The minimum absolute atomic E-state index is 0.0771. The predicted molar refractivity (Wildman–Crippen MR) is 78.8 cm³/mol. The van der Waals surface area contributed by atoms with Gasteiger partial charge in [-0.25, -0.2) is 4.98 Å². The minimum Gasteiger partial charge on any atom is -0.292 e. The highest BCUT2D eigenvalue weighted by atomic mass is 35.5. The number of Topliss-reactive ketones (excluding diaryl/α,β-unsaturated/α-hetero) is 1. The lowest BCUT2D eigenvalue weighted by Crippen LogP contribution is -2.07. The number of carbonyl (C=O) groups excluding carboxylic acids is 1. The molecule has 0 atom stereocenters. The average molecular weight is 335 g/mol. The van der Waals surface area contributed by atoms with Crippen molar-refractivity contribution in [2.45, 2.75) is 6.42 Å². The SMILES string of the molecule is O=C(Cc1cccc(Cl)c1Cl)c1ncc(Cl)cc1Cl. The van der Waals surface area contributed by atoms with Gasteiger partial charge in [0.05, 0.1) is 20.1 Å². The van der Waals surface area contributed by atoms with Gasteiger partial charge in [0.2, 0.25) is 0 Å². The molecule has 0 aliphatic heterocycles. The number of rotatable bonds is 3. The van der Waals surface area contributed by atoms with E-state index in [4.69, 9.17) is 46.4 Å². The van der Waals surface area contributed by atoms with Gasteiger partial charge in [0.1, 0.15) is 5.69 Å². The van der Waals surface area contributed by atoms with Crippen molar-refractivity contribution < 1.29 is 4.79 Å². The van der Waals surface area contributed by atoms with Crippen LogP contribution in [-0.2, 0) is 6.42 Å². The molecule has 98 valence electrons. The summed E-state index contributed by atoms with van der Waals surface area (Å²) in [7, 11) is 0. The second-order valence-electron chi connectivity index (χ2n) is 3.80. The minimum atomic E-state index is -0.245. The summed E-state index contributed by atoms with van der Waals surface area (Å²) in [4.78, 5) is 16.1. The number of carbonyl (C=O) groups is 1. The van der Waals surface area contributed by atoms with Crippen LogP contribution in [0.3, 0.4) is 0 Å². The number of pyridine rings is 1. The maximum Gasteiger partial charge on any atom is 0.187 e. The fourth-order valence-corrected chi connectivity index (χ4v) is 2.43. The molecule has 0 amide bonds. The maximum atomic E-state index is 12.1. The standard InChI is InChI=1S/C13H7Cl4NO/c14-8-5-10(16)13(18-6-8)11(19)4-7-2-1-3-9(15)12(7)17/h1-3,5-6H,4H2. The van der Waals surface area contributed by atoms with Crippen LogP contribution in [0.5, 0.6) is 0 Å². The van der Waals surface area contributed by atoms with Crippen LogP contribution in [0, 0.1) is 0 Å². The Kier molecular flexibility index (Phi) is 4.69. The smallest absolute Gasteiger partial charge is 0.187 e. The van der Waals surface area contributed by atoms with Gasteiger partial charge in [0.15, 0.2) is 5.78 Å². The van der Waals surface area contributed by atoms with Gasteiger partial charge in [-0.05, 0) is 17.7 Å². The summed E-state index contributed by atoms with van der Waals surface area (Å²) in [6.45, 7) is 0. The highest BCUT2D eigenvalue weighted by molar-refractivity contribution is 6.42. The molecular weight excluding hydrogens is 328 g/mol. The highest BCUT2D eigenvalue weighted by Gasteiger charge is 2.15. The molecule has 1 heterocycles. The first-order valence-electron chi connectivity index (χ1n) is 5.26. The summed E-state index contributed by atoms with van der Waals surface area (Å²) < 4.78 is 0. The number of nitrogens with zero attached hydrogens (tertiary/aromatic N) is 1. The third kappa shape index (κ3) is 3.40. The normalized spacial score (nSPS) is 10.5. The molecule has 2 aromatic rings. The van der Waals surface area contributed by atoms with E-state index in [2.05, 4.69) is 4.98 Å². The van der Waals surface area contributed by atoms with Crippen molar-refractivity contribution >= 4 is 52.2 Å². The lowest BCUT2D eigenvalue weighted by molar-refractivity contribution is 0.0988. The van der Waals surface area contributed by atoms with E-state index in [0.717, 1.165) is 0 Å². The summed E-state index contributed by atoms with van der Waals surface area (Å²) in [6.07, 6.45) is 1.45. The molecule has 1 aromatic carbocycles. The maximum absolute atomic E-state index is 12.1. The summed E-state index contributed by atoms with van der Waals surface area (Å²) >= 11 is 23.6. The zero-order valence-corrected chi connectivity index (χ0v) is 12.5. The van der Waals surface area contributed by atoms with E-state index >= 15 is 0 Å². The molecule has 0 bridgehead atoms. The highest BCUT2D eigenvalue weighted by Crippen LogP contribution is 2.27. The van der Waals surface area contributed by atoms with Gasteiger partial charge in [-0.15, -0.1) is 0 Å². The summed E-state index contributed by atoms with van der Waals surface area (Å²) in [6, 6.07) is 6.60. The Morgan fingerprint density at radius 3 is 2.53 bits per heavy atom. The fourth-order valence-electron chi connectivity index (χ4n) is 1.56. The molecule has 6 heteroatoms. The van der Waals surface area contributed by atoms with Crippen LogP contribution in [0.1, 0.15) is 16.1 Å². The number of halogens is 4. The van der Waals surface area contributed by atoms with Gasteiger partial charge in [0, 0.05) is 12.6 Å². The van der Waals surface area contributed by atoms with E-state index in [1.54, 1.807) is 18.2 Å². The van der Waals surface area contributed by atoms with Crippen LogP contribution in [0.2, 0.25) is 20.1 Å². The van der Waals surface area contributed by atoms with E-state index in [1.807, 2.05) is 0 Å². The molecule has 0 fully saturated rings. The van der Waals surface area contributed by atoms with Crippen molar-refractivity contribution in [1.29, 1.82) is 0 Å². The third-order valence-corrected chi connectivity index (χ3v) is 3.81. The summed E-state index contributed by atoms with van der Waals surface area (Å²) in [5, 5.41) is 1.36. The van der Waals surface area contributed by atoms with Crippen molar-refractivity contribution in [2.75, 3.05) is 0 Å². The van der Waals surface area contributed by atoms with Gasteiger partial charge >= 0.3 is 0 Å². The van der Waals surface area contributed by atoms with Crippen LogP contribution >= 0.6 is 46.4 Å². The lowest BCUT2D eigenvalue weighted by Gasteiger charge is -2.06. The average Bonchev–Trinajstić information content (AvgIpc) is 2.34. The van der Waals surface area contributed by atoms with Gasteiger partial charge < -0.3 is 0 Å². The molecule has 0 spiro atoms. The molecule has 2 rings (SSSR count). The summed E-state index contributed by atoms with van der Waals surface area (Å²) in [5.41, 5.74) is 0.800. The second kappa shape index (κ2) is 6.10. The number of hydrogen-bond donors (Lipinski definition) is 0. The summed E-state index contributed by atoms with van der Waals surface area (Å²) in [5.74, 6) is -0.245. The van der Waals surface area contributed by atoms with Crippen molar-refractivity contribution in [3.05, 3.63) is 61.8 Å². The monoisotopic (exact) mass is 333 g/mol. The largest absolute Gasteiger partial charge is 0.292 e. The first-order valence-corrected chi connectivity index (χ1v) is 6.77. The molecule has 0 unspecified atom stereocenters. The van der Waals surface area contributed by atoms with Gasteiger partial charge in [-0.1, -0.05) is 58.5 Å². The van der Waals surface area contributed by atoms with E-state index in [1.165, 1.54) is 12.3 Å². The van der Waals surface area contributed by atoms with E-state index in [0.29, 0.717) is 20.6 Å². The van der Waals surface area contributed by atoms with Crippen molar-refractivity contribution in [3.63, 3.8) is 0 Å². The third-order valence-electron chi connectivity index (χ3n) is 2.45. The first kappa shape index (κ1) is 14.6. The number of benzene rings is 1. The van der Waals surface area contributed by atoms with Crippen molar-refractivity contribution in [1.82, 2.24) is 4.98 Å². The lowest BCUT2D eigenvalue weighted by atomic mass is 10.1. The molecule has 0 radical (unpaired) electrons. The predicted octanol–water partition coefficient (Wildman–Crippen LogP) is 5.12. The molecule has 2 nitrogen and oxygen atoms in total. The van der Waals surface area contributed by atoms with Crippen LogP contribution in [-0.4, -0.2) is 10.8 Å². The van der Waals surface area contributed by atoms with Gasteiger partial charge in [-0.3, -0.25) is 4.79 Å². The molecule has 1 aromatic heterocycles. The van der Waals surface area contributed by atoms with E-state index in [9.17, 15) is 4.79 Å². The molecule has 0 N–H and O–H groups in total.